The van der Waals surface area contributed by atoms with E-state index in [-0.39, 0.29) is 12.4 Å². The van der Waals surface area contributed by atoms with Crippen LogP contribution >= 0.6 is 0 Å². The Morgan fingerprint density at radius 3 is 2.61 bits per heavy atom. The molecule has 1 rings (SSSR count). The Labute approximate surface area is 107 Å². The van der Waals surface area contributed by atoms with Gasteiger partial charge in [-0.2, -0.15) is 0 Å². The smallest absolute Gasteiger partial charge is 0.165 e. The van der Waals surface area contributed by atoms with E-state index in [1.54, 1.807) is 6.07 Å². The maximum atomic E-state index is 13.6. The van der Waals surface area contributed by atoms with E-state index in [9.17, 15) is 9.50 Å². The molecule has 5 heteroatoms. The highest BCUT2D eigenvalue weighted by Gasteiger charge is 2.29. The molecule has 0 bridgehead atoms. The van der Waals surface area contributed by atoms with Crippen molar-refractivity contribution in [2.24, 2.45) is 5.73 Å². The van der Waals surface area contributed by atoms with Crippen molar-refractivity contribution in [3.63, 3.8) is 0 Å². The van der Waals surface area contributed by atoms with Gasteiger partial charge in [-0.1, -0.05) is 6.07 Å². The van der Waals surface area contributed by atoms with Crippen LogP contribution < -0.4 is 10.5 Å². The van der Waals surface area contributed by atoms with Gasteiger partial charge in [0.1, 0.15) is 5.60 Å². The van der Waals surface area contributed by atoms with Crippen LogP contribution in [0.2, 0.25) is 0 Å². The highest BCUT2D eigenvalue weighted by atomic mass is 19.1. The monoisotopic (exact) mass is 257 g/mol. The summed E-state index contributed by atoms with van der Waals surface area (Å²) >= 11 is 0. The predicted octanol–water partition coefficient (Wildman–Crippen LogP) is 1.41. The summed E-state index contributed by atoms with van der Waals surface area (Å²) in [6.07, 6.45) is 1.05. The summed E-state index contributed by atoms with van der Waals surface area (Å²) < 4.78 is 23.5. The number of methoxy groups -OCH3 is 2. The first kappa shape index (κ1) is 14.9. The molecule has 0 radical (unpaired) electrons. The Morgan fingerprint density at radius 2 is 2.11 bits per heavy atom. The molecule has 0 saturated heterocycles. The Bertz CT molecular complexity index is 386. The lowest BCUT2D eigenvalue weighted by atomic mass is 9.89. The minimum absolute atomic E-state index is 0.0960. The van der Waals surface area contributed by atoms with E-state index < -0.39 is 11.4 Å². The Kier molecular flexibility index (Phi) is 5.53. The third kappa shape index (κ3) is 3.41. The second-order valence-corrected chi connectivity index (χ2v) is 4.21. The first-order chi connectivity index (χ1) is 8.57. The Balaban J connectivity index is 3.01. The zero-order chi connectivity index (χ0) is 13.6. The second-order valence-electron chi connectivity index (χ2n) is 4.21. The molecule has 1 aromatic carbocycles. The Hall–Kier alpha value is -1.17. The molecule has 0 aliphatic carbocycles. The first-order valence-corrected chi connectivity index (χ1v) is 5.83. The number of benzene rings is 1. The number of halogens is 1. The van der Waals surface area contributed by atoms with Crippen LogP contribution in [0.1, 0.15) is 18.4 Å². The summed E-state index contributed by atoms with van der Waals surface area (Å²) in [6.45, 7) is 0.559. The molecule has 0 fully saturated rings. The number of hydrogen-bond acceptors (Lipinski definition) is 4. The van der Waals surface area contributed by atoms with Gasteiger partial charge in [-0.25, -0.2) is 4.39 Å². The molecule has 0 amide bonds. The maximum absolute atomic E-state index is 13.6. The molecular formula is C13H20FNO3. The van der Waals surface area contributed by atoms with Gasteiger partial charge < -0.3 is 20.3 Å². The van der Waals surface area contributed by atoms with E-state index in [0.29, 0.717) is 24.9 Å². The molecule has 0 aliphatic rings. The van der Waals surface area contributed by atoms with Crippen LogP contribution in [-0.4, -0.2) is 32.5 Å². The summed E-state index contributed by atoms with van der Waals surface area (Å²) in [5.74, 6) is -0.352. The molecule has 0 aromatic heterocycles. The average Bonchev–Trinajstić information content (AvgIpc) is 2.36. The van der Waals surface area contributed by atoms with Gasteiger partial charge in [0, 0.05) is 7.11 Å². The molecule has 0 saturated carbocycles. The van der Waals surface area contributed by atoms with Gasteiger partial charge in [0.2, 0.25) is 0 Å². The van der Waals surface area contributed by atoms with Crippen molar-refractivity contribution in [2.75, 3.05) is 27.4 Å². The van der Waals surface area contributed by atoms with Crippen molar-refractivity contribution >= 4 is 0 Å². The van der Waals surface area contributed by atoms with Crippen LogP contribution in [-0.2, 0) is 10.3 Å². The molecular weight excluding hydrogens is 237 g/mol. The number of aliphatic hydroxyl groups is 1. The standard InChI is InChI=1S/C13H20FNO3/c1-17-9-13(16,6-3-7-15)10-4-5-12(18-2)11(14)8-10/h4-5,8,16H,3,6-7,9,15H2,1-2H3. The maximum Gasteiger partial charge on any atom is 0.165 e. The number of hydrogen-bond donors (Lipinski definition) is 2. The van der Waals surface area contributed by atoms with Gasteiger partial charge in [-0.15, -0.1) is 0 Å². The minimum Gasteiger partial charge on any atom is -0.494 e. The lowest BCUT2D eigenvalue weighted by molar-refractivity contribution is -0.0431. The summed E-state index contributed by atoms with van der Waals surface area (Å²) in [5.41, 5.74) is 4.69. The summed E-state index contributed by atoms with van der Waals surface area (Å²) in [4.78, 5) is 0. The van der Waals surface area contributed by atoms with Gasteiger partial charge in [0.15, 0.2) is 11.6 Å². The second kappa shape index (κ2) is 6.68. The van der Waals surface area contributed by atoms with Crippen LogP contribution in [0, 0.1) is 5.82 Å². The van der Waals surface area contributed by atoms with Crippen molar-refractivity contribution in [1.29, 1.82) is 0 Å². The van der Waals surface area contributed by atoms with Crippen molar-refractivity contribution in [1.82, 2.24) is 0 Å². The average molecular weight is 257 g/mol. The third-order valence-electron chi connectivity index (χ3n) is 2.87. The van der Waals surface area contributed by atoms with E-state index >= 15 is 0 Å². The van der Waals surface area contributed by atoms with Gasteiger partial charge in [0.05, 0.1) is 13.7 Å². The van der Waals surface area contributed by atoms with Crippen LogP contribution in [0.25, 0.3) is 0 Å². The molecule has 1 unspecified atom stereocenters. The highest BCUT2D eigenvalue weighted by molar-refractivity contribution is 5.32. The largest absolute Gasteiger partial charge is 0.494 e. The fourth-order valence-corrected chi connectivity index (χ4v) is 1.89. The summed E-state index contributed by atoms with van der Waals surface area (Å²) in [5, 5.41) is 10.5. The predicted molar refractivity (Wildman–Crippen MR) is 67.0 cm³/mol. The van der Waals surface area contributed by atoms with Crippen molar-refractivity contribution in [3.05, 3.63) is 29.6 Å². The molecule has 0 aliphatic heterocycles. The zero-order valence-corrected chi connectivity index (χ0v) is 10.8. The quantitative estimate of drug-likeness (QED) is 0.775. The first-order valence-electron chi connectivity index (χ1n) is 5.83. The van der Waals surface area contributed by atoms with E-state index in [1.165, 1.54) is 26.4 Å². The van der Waals surface area contributed by atoms with E-state index in [4.69, 9.17) is 15.2 Å². The molecule has 18 heavy (non-hydrogen) atoms. The Morgan fingerprint density at radius 1 is 1.39 bits per heavy atom. The normalized spacial score (nSPS) is 14.3. The fraction of sp³-hybridized carbons (Fsp3) is 0.538. The van der Waals surface area contributed by atoms with Crippen LogP contribution in [0.3, 0.4) is 0 Å². The van der Waals surface area contributed by atoms with Crippen molar-refractivity contribution in [3.8, 4) is 5.75 Å². The lowest BCUT2D eigenvalue weighted by Gasteiger charge is -2.28. The topological polar surface area (TPSA) is 64.7 Å². The minimum atomic E-state index is -1.22. The van der Waals surface area contributed by atoms with E-state index in [0.717, 1.165) is 0 Å². The van der Waals surface area contributed by atoms with Gasteiger partial charge in [-0.3, -0.25) is 0 Å². The molecule has 4 nitrogen and oxygen atoms in total. The van der Waals surface area contributed by atoms with Crippen LogP contribution in [0.4, 0.5) is 4.39 Å². The summed E-state index contributed by atoms with van der Waals surface area (Å²) in [7, 11) is 2.89. The lowest BCUT2D eigenvalue weighted by Crippen LogP contribution is -2.32. The summed E-state index contributed by atoms with van der Waals surface area (Å²) in [6, 6.07) is 4.40. The fourth-order valence-electron chi connectivity index (χ4n) is 1.89. The van der Waals surface area contributed by atoms with Crippen molar-refractivity contribution in [2.45, 2.75) is 18.4 Å². The molecule has 3 N–H and O–H groups in total. The van der Waals surface area contributed by atoms with Crippen LogP contribution in [0.15, 0.2) is 18.2 Å². The number of ether oxygens (including phenoxy) is 2. The van der Waals surface area contributed by atoms with E-state index in [1.807, 2.05) is 0 Å². The number of rotatable bonds is 7. The molecule has 0 spiro atoms. The zero-order valence-electron chi connectivity index (χ0n) is 10.8. The molecule has 102 valence electrons. The molecule has 1 aromatic rings. The SMILES string of the molecule is COCC(O)(CCCN)c1ccc(OC)c(F)c1. The molecule has 1 atom stereocenters. The highest BCUT2D eigenvalue weighted by Crippen LogP contribution is 2.30. The van der Waals surface area contributed by atoms with Crippen molar-refractivity contribution < 1.29 is 19.0 Å². The van der Waals surface area contributed by atoms with Gasteiger partial charge in [0.25, 0.3) is 0 Å². The molecule has 0 heterocycles. The number of nitrogens with two attached hydrogens (primary N) is 1. The van der Waals surface area contributed by atoms with Gasteiger partial charge in [-0.05, 0) is 37.1 Å². The van der Waals surface area contributed by atoms with E-state index in [2.05, 4.69) is 0 Å². The third-order valence-corrected chi connectivity index (χ3v) is 2.87. The van der Waals surface area contributed by atoms with Gasteiger partial charge >= 0.3 is 0 Å². The van der Waals surface area contributed by atoms with Crippen LogP contribution in [0.5, 0.6) is 5.75 Å².